The molecule has 31 heavy (non-hydrogen) atoms. The molecule has 0 radical (unpaired) electrons. The van der Waals surface area contributed by atoms with Crippen LogP contribution >= 0.6 is 0 Å². The minimum atomic E-state index is -1.99. The van der Waals surface area contributed by atoms with Crippen LogP contribution in [0.2, 0.25) is 0 Å². The van der Waals surface area contributed by atoms with E-state index in [9.17, 15) is 24.9 Å². The summed E-state index contributed by atoms with van der Waals surface area (Å²) in [6.45, 7) is 10.2. The van der Waals surface area contributed by atoms with Crippen LogP contribution in [-0.2, 0) is 14.3 Å². The molecule has 5 aliphatic rings. The second-order valence-electron chi connectivity index (χ2n) is 11.4. The number of amides is 1. The van der Waals surface area contributed by atoms with Crippen LogP contribution in [0, 0.1) is 40.9 Å². The zero-order valence-corrected chi connectivity index (χ0v) is 19.0. The molecule has 0 aromatic carbocycles. The first-order valence-corrected chi connectivity index (χ1v) is 11.7. The van der Waals surface area contributed by atoms with Gasteiger partial charge in [-0.2, -0.15) is 0 Å². The zero-order chi connectivity index (χ0) is 22.7. The summed E-state index contributed by atoms with van der Waals surface area (Å²) in [5, 5.41) is 36.3. The van der Waals surface area contributed by atoms with Gasteiger partial charge in [-0.3, -0.25) is 9.59 Å². The molecule has 2 bridgehead atoms. The topological polar surface area (TPSA) is 116 Å². The smallest absolute Gasteiger partial charge is 0.235 e. The van der Waals surface area contributed by atoms with Crippen molar-refractivity contribution in [1.82, 2.24) is 5.32 Å². The van der Waals surface area contributed by atoms with E-state index in [4.69, 9.17) is 4.74 Å². The maximum absolute atomic E-state index is 14.0. The SMILES string of the molecule is CC1=C[C@@H]2[C@@H]3[C@@H]([C@@H](O)C(=O)[C@]24C(=O)N[C@@H](CC(C)C)[C@@H]4[C@@H]1C)C1(O)O[C@]3(C)CC[C@H]1O. The quantitative estimate of drug-likeness (QED) is 0.384. The molecule has 4 fully saturated rings. The summed E-state index contributed by atoms with van der Waals surface area (Å²) in [7, 11) is 0. The molecule has 0 aromatic rings. The van der Waals surface area contributed by atoms with Crippen molar-refractivity contribution in [1.29, 1.82) is 0 Å². The zero-order valence-electron chi connectivity index (χ0n) is 19.0. The van der Waals surface area contributed by atoms with Gasteiger partial charge in [0.05, 0.1) is 11.5 Å². The van der Waals surface area contributed by atoms with Crippen LogP contribution in [0.3, 0.4) is 0 Å². The van der Waals surface area contributed by atoms with Crippen LogP contribution < -0.4 is 5.32 Å². The van der Waals surface area contributed by atoms with Gasteiger partial charge in [-0.25, -0.2) is 0 Å². The number of aliphatic hydroxyl groups excluding tert-OH is 2. The van der Waals surface area contributed by atoms with E-state index in [0.29, 0.717) is 18.8 Å². The molecule has 4 N–H and O–H groups in total. The first-order chi connectivity index (χ1) is 14.4. The van der Waals surface area contributed by atoms with Crippen molar-refractivity contribution in [2.75, 3.05) is 0 Å². The lowest BCUT2D eigenvalue weighted by molar-refractivity contribution is -0.308. The number of fused-ring (bicyclic) bond motifs is 6. The predicted octanol–water partition coefficient (Wildman–Crippen LogP) is 1.15. The number of rotatable bonds is 2. The highest BCUT2D eigenvalue weighted by Gasteiger charge is 2.79. The van der Waals surface area contributed by atoms with Crippen molar-refractivity contribution >= 4 is 11.7 Å². The number of hydrogen-bond acceptors (Lipinski definition) is 6. The maximum atomic E-state index is 14.0. The van der Waals surface area contributed by atoms with Crippen LogP contribution in [0.1, 0.15) is 53.9 Å². The molecule has 0 aromatic heterocycles. The lowest BCUT2D eigenvalue weighted by Gasteiger charge is -2.54. The highest BCUT2D eigenvalue weighted by atomic mass is 16.7. The fourth-order valence-corrected chi connectivity index (χ4v) is 8.07. The monoisotopic (exact) mass is 433 g/mol. The number of ether oxygens (including phenoxy) is 1. The average Bonchev–Trinajstić information content (AvgIpc) is 3.07. The minimum Gasteiger partial charge on any atom is -0.387 e. The lowest BCUT2D eigenvalue weighted by atomic mass is 9.45. The molecule has 7 heteroatoms. The molecule has 1 spiro atoms. The van der Waals surface area contributed by atoms with Crippen molar-refractivity contribution in [3.8, 4) is 0 Å². The maximum Gasteiger partial charge on any atom is 0.235 e. The minimum absolute atomic E-state index is 0.00910. The Hall–Kier alpha value is -1.28. The van der Waals surface area contributed by atoms with E-state index < -0.39 is 52.5 Å². The number of aliphatic hydroxyl groups is 3. The van der Waals surface area contributed by atoms with E-state index in [-0.39, 0.29) is 23.8 Å². The molecule has 5 rings (SSSR count). The molecular formula is C24H35NO6. The third kappa shape index (κ3) is 2.39. The van der Waals surface area contributed by atoms with Gasteiger partial charge in [-0.05, 0) is 44.9 Å². The Morgan fingerprint density at radius 2 is 1.90 bits per heavy atom. The van der Waals surface area contributed by atoms with Gasteiger partial charge in [0, 0.05) is 23.8 Å². The first-order valence-electron chi connectivity index (χ1n) is 11.7. The largest absolute Gasteiger partial charge is 0.387 e. The second-order valence-corrected chi connectivity index (χ2v) is 11.4. The fourth-order valence-electron chi connectivity index (χ4n) is 8.07. The predicted molar refractivity (Wildman–Crippen MR) is 111 cm³/mol. The van der Waals surface area contributed by atoms with Crippen molar-refractivity contribution in [2.24, 2.45) is 40.9 Å². The Kier molecular flexibility index (Phi) is 4.45. The van der Waals surface area contributed by atoms with Crippen molar-refractivity contribution in [3.63, 3.8) is 0 Å². The molecule has 3 heterocycles. The first kappa shape index (κ1) is 21.6. The summed E-state index contributed by atoms with van der Waals surface area (Å²) < 4.78 is 6.07. The van der Waals surface area contributed by atoms with Crippen LogP contribution in [0.15, 0.2) is 11.6 Å². The molecule has 1 amide bonds. The van der Waals surface area contributed by atoms with E-state index in [1.54, 1.807) is 0 Å². The van der Waals surface area contributed by atoms with Gasteiger partial charge in [0.25, 0.3) is 0 Å². The van der Waals surface area contributed by atoms with Gasteiger partial charge >= 0.3 is 0 Å². The molecule has 1 unspecified atom stereocenters. The molecular weight excluding hydrogens is 398 g/mol. The van der Waals surface area contributed by atoms with E-state index in [2.05, 4.69) is 26.1 Å². The van der Waals surface area contributed by atoms with Gasteiger partial charge in [-0.1, -0.05) is 32.4 Å². The van der Waals surface area contributed by atoms with Gasteiger partial charge < -0.3 is 25.4 Å². The third-order valence-electron chi connectivity index (χ3n) is 9.36. The Morgan fingerprint density at radius 1 is 1.23 bits per heavy atom. The number of allylic oxidation sites excluding steroid dienone is 2. The molecule has 3 aliphatic heterocycles. The van der Waals surface area contributed by atoms with Crippen LogP contribution in [-0.4, -0.2) is 56.6 Å². The number of carbonyl (C=O) groups is 2. The highest BCUT2D eigenvalue weighted by molar-refractivity contribution is 6.11. The molecule has 1 saturated carbocycles. The Bertz CT molecular complexity index is 870. The molecule has 3 saturated heterocycles. The second kappa shape index (κ2) is 6.40. The summed E-state index contributed by atoms with van der Waals surface area (Å²) in [4.78, 5) is 27.6. The van der Waals surface area contributed by atoms with Crippen LogP contribution in [0.5, 0.6) is 0 Å². The van der Waals surface area contributed by atoms with Gasteiger partial charge in [-0.15, -0.1) is 0 Å². The van der Waals surface area contributed by atoms with Crippen molar-refractivity contribution in [2.45, 2.75) is 83.5 Å². The normalized spacial score (nSPS) is 55.5. The number of Topliss-reactive ketones (excluding diaryl/α,β-unsaturated/α-hetero) is 1. The number of hydrogen-bond donors (Lipinski definition) is 4. The Balaban J connectivity index is 1.73. The Morgan fingerprint density at radius 3 is 2.55 bits per heavy atom. The van der Waals surface area contributed by atoms with Crippen molar-refractivity contribution in [3.05, 3.63) is 11.6 Å². The summed E-state index contributed by atoms with van der Waals surface area (Å²) in [6.07, 6.45) is 0.870. The standard InChI is InChI=1S/C24H35NO6/c1-10(2)8-14-16-12(4)11(3)9-13-17-18(19(27)20(28)23(13,16)21(29)25-14)24(30)15(26)6-7-22(17,5)31-24/h9-10,12-19,26-27,30H,6-8H2,1-5H3,(H,25,29)/t12-,13-,14+,15-,16+,17-,18+,19-,22-,23+,24?/m1/s1. The molecule has 11 atom stereocenters. The highest BCUT2D eigenvalue weighted by Crippen LogP contribution is 2.68. The Labute approximate surface area is 183 Å². The van der Waals surface area contributed by atoms with Gasteiger partial charge in [0.15, 0.2) is 11.6 Å². The van der Waals surface area contributed by atoms with E-state index in [1.807, 2.05) is 19.9 Å². The molecule has 172 valence electrons. The van der Waals surface area contributed by atoms with E-state index in [1.165, 1.54) is 0 Å². The summed E-state index contributed by atoms with van der Waals surface area (Å²) in [5.74, 6) is -4.62. The summed E-state index contributed by atoms with van der Waals surface area (Å²) in [6, 6.07) is -0.149. The molecule has 2 aliphatic carbocycles. The number of nitrogens with one attached hydrogen (secondary N) is 1. The fraction of sp³-hybridized carbons (Fsp3) is 0.833. The number of ketones is 1. The van der Waals surface area contributed by atoms with Crippen molar-refractivity contribution < 1.29 is 29.6 Å². The number of carbonyl (C=O) groups excluding carboxylic acids is 2. The average molecular weight is 434 g/mol. The van der Waals surface area contributed by atoms with Gasteiger partial charge in [0.1, 0.15) is 17.6 Å². The van der Waals surface area contributed by atoms with Gasteiger partial charge in [0.2, 0.25) is 5.91 Å². The van der Waals surface area contributed by atoms with E-state index in [0.717, 1.165) is 12.0 Å². The third-order valence-corrected chi connectivity index (χ3v) is 9.36. The van der Waals surface area contributed by atoms with E-state index >= 15 is 0 Å². The summed E-state index contributed by atoms with van der Waals surface area (Å²) in [5.41, 5.74) is -1.09. The van der Waals surface area contributed by atoms with Crippen LogP contribution in [0.4, 0.5) is 0 Å². The van der Waals surface area contributed by atoms with Crippen LogP contribution in [0.25, 0.3) is 0 Å². The molecule has 7 nitrogen and oxygen atoms in total. The summed E-state index contributed by atoms with van der Waals surface area (Å²) >= 11 is 0. The lowest BCUT2D eigenvalue weighted by Crippen LogP contribution is -2.67.